The van der Waals surface area contributed by atoms with Crippen molar-refractivity contribution >= 4 is 18.1 Å². The Balaban J connectivity index is 1.62. The van der Waals surface area contributed by atoms with Gasteiger partial charge in [0.05, 0.1) is 12.5 Å². The fourth-order valence-electron chi connectivity index (χ4n) is 2.07. The number of esters is 1. The van der Waals surface area contributed by atoms with Crippen molar-refractivity contribution < 1.29 is 23.1 Å². The van der Waals surface area contributed by atoms with E-state index >= 15 is 0 Å². The summed E-state index contributed by atoms with van der Waals surface area (Å²) in [7, 11) is 0. The number of carbonyl (C=O) groups excluding carboxylic acids is 2. The second-order valence-corrected chi connectivity index (χ2v) is 5.15. The van der Waals surface area contributed by atoms with Gasteiger partial charge in [0, 0.05) is 5.56 Å². The molecule has 0 aliphatic heterocycles. The lowest BCUT2D eigenvalue weighted by molar-refractivity contribution is 0.0701. The molecule has 0 aliphatic rings. The summed E-state index contributed by atoms with van der Waals surface area (Å²) in [6.07, 6.45) is 2.75. The van der Waals surface area contributed by atoms with Crippen LogP contribution in [0.15, 0.2) is 76.4 Å². The van der Waals surface area contributed by atoms with E-state index in [-0.39, 0.29) is 11.3 Å². The number of hydrogen-bond donors (Lipinski definition) is 1. The zero-order valence-corrected chi connectivity index (χ0v) is 13.4. The van der Waals surface area contributed by atoms with E-state index in [9.17, 15) is 14.0 Å². The average Bonchev–Trinajstić information content (AvgIpc) is 3.17. The number of carbonyl (C=O) groups is 2. The van der Waals surface area contributed by atoms with Crippen molar-refractivity contribution in [2.24, 2.45) is 5.10 Å². The molecule has 0 fully saturated rings. The third-order valence-electron chi connectivity index (χ3n) is 3.26. The Bertz CT molecular complexity index is 952. The molecule has 1 amide bonds. The van der Waals surface area contributed by atoms with E-state index in [0.717, 1.165) is 6.07 Å². The van der Waals surface area contributed by atoms with Gasteiger partial charge in [-0.25, -0.2) is 14.6 Å². The molecule has 0 unspecified atom stereocenters. The topological polar surface area (TPSA) is 80.9 Å². The van der Waals surface area contributed by atoms with E-state index in [4.69, 9.17) is 9.15 Å². The minimum Gasteiger partial charge on any atom is -0.457 e. The third-order valence-corrected chi connectivity index (χ3v) is 3.26. The van der Waals surface area contributed by atoms with E-state index in [0.29, 0.717) is 11.3 Å². The number of nitrogens with one attached hydrogen (secondary N) is 1. The number of furan rings is 1. The highest BCUT2D eigenvalue weighted by Gasteiger charge is 2.11. The first-order valence-corrected chi connectivity index (χ1v) is 7.56. The first-order chi connectivity index (χ1) is 12.6. The first kappa shape index (κ1) is 17.1. The quantitative estimate of drug-likeness (QED) is 0.330. The number of amides is 1. The van der Waals surface area contributed by atoms with Crippen LogP contribution in [0.2, 0.25) is 0 Å². The van der Waals surface area contributed by atoms with Gasteiger partial charge in [0.2, 0.25) is 5.76 Å². The van der Waals surface area contributed by atoms with Crippen molar-refractivity contribution in [3.05, 3.63) is 89.6 Å². The molecule has 26 heavy (non-hydrogen) atoms. The van der Waals surface area contributed by atoms with Gasteiger partial charge in [-0.1, -0.05) is 18.2 Å². The highest BCUT2D eigenvalue weighted by atomic mass is 19.1. The number of rotatable bonds is 5. The summed E-state index contributed by atoms with van der Waals surface area (Å²) in [5.74, 6) is -1.28. The Hall–Kier alpha value is -3.74. The standard InChI is InChI=1S/C19H13FN2O4/c20-15-6-2-5-14(11-15)18(23)22-21-12-13-4-1-7-16(10-13)26-19(24)17-8-3-9-25-17/h1-12H,(H,22,23). The second-order valence-electron chi connectivity index (χ2n) is 5.15. The summed E-state index contributed by atoms with van der Waals surface area (Å²) in [6, 6.07) is 14.9. The molecule has 130 valence electrons. The number of hydrazone groups is 1. The van der Waals surface area contributed by atoms with Crippen molar-refractivity contribution in [2.75, 3.05) is 0 Å². The fraction of sp³-hybridized carbons (Fsp3) is 0. The summed E-state index contributed by atoms with van der Waals surface area (Å²) in [5, 5.41) is 3.81. The maximum absolute atomic E-state index is 13.1. The number of ether oxygens (including phenoxy) is 1. The highest BCUT2D eigenvalue weighted by Crippen LogP contribution is 2.14. The SMILES string of the molecule is O=C(NN=Cc1cccc(OC(=O)c2ccco2)c1)c1cccc(F)c1. The van der Waals surface area contributed by atoms with Crippen molar-refractivity contribution in [3.8, 4) is 5.75 Å². The van der Waals surface area contributed by atoms with Gasteiger partial charge in [-0.3, -0.25) is 4.79 Å². The lowest BCUT2D eigenvalue weighted by Crippen LogP contribution is -2.17. The molecule has 0 radical (unpaired) electrons. The zero-order chi connectivity index (χ0) is 18.4. The molecule has 1 aromatic heterocycles. The summed E-state index contributed by atoms with van der Waals surface area (Å²) in [6.45, 7) is 0. The van der Waals surface area contributed by atoms with Crippen molar-refractivity contribution in [3.63, 3.8) is 0 Å². The summed E-state index contributed by atoms with van der Waals surface area (Å²) < 4.78 is 23.2. The predicted molar refractivity (Wildman–Crippen MR) is 91.6 cm³/mol. The molecular formula is C19H13FN2O4. The Morgan fingerprint density at radius 3 is 2.69 bits per heavy atom. The molecule has 6 nitrogen and oxygen atoms in total. The van der Waals surface area contributed by atoms with E-state index in [1.165, 1.54) is 36.7 Å². The van der Waals surface area contributed by atoms with E-state index < -0.39 is 17.7 Å². The minimum absolute atomic E-state index is 0.0893. The van der Waals surface area contributed by atoms with Crippen LogP contribution in [0.5, 0.6) is 5.75 Å². The molecule has 0 saturated heterocycles. The Morgan fingerprint density at radius 2 is 1.92 bits per heavy atom. The van der Waals surface area contributed by atoms with Crippen molar-refractivity contribution in [2.45, 2.75) is 0 Å². The maximum atomic E-state index is 13.1. The van der Waals surface area contributed by atoms with Gasteiger partial charge < -0.3 is 9.15 Å². The van der Waals surface area contributed by atoms with Crippen LogP contribution in [0.1, 0.15) is 26.5 Å². The lowest BCUT2D eigenvalue weighted by Gasteiger charge is -2.03. The average molecular weight is 352 g/mol. The molecule has 1 N–H and O–H groups in total. The van der Waals surface area contributed by atoms with Crippen LogP contribution in [0.4, 0.5) is 4.39 Å². The van der Waals surface area contributed by atoms with E-state index in [1.807, 2.05) is 0 Å². The molecule has 0 spiro atoms. The van der Waals surface area contributed by atoms with Crippen LogP contribution < -0.4 is 10.2 Å². The molecule has 0 aliphatic carbocycles. The Labute approximate surface area is 147 Å². The summed E-state index contributed by atoms with van der Waals surface area (Å²) in [5.41, 5.74) is 3.05. The molecule has 3 aromatic rings. The molecule has 1 heterocycles. The first-order valence-electron chi connectivity index (χ1n) is 7.56. The minimum atomic E-state index is -0.622. The molecule has 7 heteroatoms. The lowest BCUT2D eigenvalue weighted by atomic mass is 10.2. The predicted octanol–water partition coefficient (Wildman–Crippen LogP) is 3.40. The smallest absolute Gasteiger partial charge is 0.379 e. The fourth-order valence-corrected chi connectivity index (χ4v) is 2.07. The summed E-state index contributed by atoms with van der Waals surface area (Å²) in [4.78, 5) is 23.7. The largest absolute Gasteiger partial charge is 0.457 e. The van der Waals surface area contributed by atoms with Crippen LogP contribution >= 0.6 is 0 Å². The van der Waals surface area contributed by atoms with Crippen LogP contribution in [0.3, 0.4) is 0 Å². The maximum Gasteiger partial charge on any atom is 0.379 e. The van der Waals surface area contributed by atoms with Crippen LogP contribution in [0, 0.1) is 5.82 Å². The molecule has 0 saturated carbocycles. The molecule has 3 rings (SSSR count). The van der Waals surface area contributed by atoms with Gasteiger partial charge >= 0.3 is 5.97 Å². The Morgan fingerprint density at radius 1 is 1.08 bits per heavy atom. The van der Waals surface area contributed by atoms with Crippen molar-refractivity contribution in [1.29, 1.82) is 0 Å². The van der Waals surface area contributed by atoms with Crippen LogP contribution in [-0.2, 0) is 0 Å². The molecular weight excluding hydrogens is 339 g/mol. The Kier molecular flexibility index (Phi) is 5.19. The van der Waals surface area contributed by atoms with E-state index in [2.05, 4.69) is 10.5 Å². The monoisotopic (exact) mass is 352 g/mol. The normalized spacial score (nSPS) is 10.7. The van der Waals surface area contributed by atoms with Gasteiger partial charge in [0.25, 0.3) is 5.91 Å². The zero-order valence-electron chi connectivity index (χ0n) is 13.4. The molecule has 2 aromatic carbocycles. The molecule has 0 bridgehead atoms. The highest BCUT2D eigenvalue weighted by molar-refractivity contribution is 5.95. The number of hydrogen-bond acceptors (Lipinski definition) is 5. The number of nitrogens with zero attached hydrogens (tertiary/aromatic N) is 1. The van der Waals surface area contributed by atoms with Gasteiger partial charge in [-0.05, 0) is 48.0 Å². The van der Waals surface area contributed by atoms with Crippen LogP contribution in [0.25, 0.3) is 0 Å². The van der Waals surface area contributed by atoms with Gasteiger partial charge in [0.1, 0.15) is 11.6 Å². The van der Waals surface area contributed by atoms with Gasteiger partial charge in [-0.2, -0.15) is 5.10 Å². The van der Waals surface area contributed by atoms with E-state index in [1.54, 1.807) is 30.3 Å². The number of halogens is 1. The van der Waals surface area contributed by atoms with Crippen LogP contribution in [-0.4, -0.2) is 18.1 Å². The third kappa shape index (κ3) is 4.41. The number of benzene rings is 2. The van der Waals surface area contributed by atoms with Gasteiger partial charge in [-0.15, -0.1) is 0 Å². The van der Waals surface area contributed by atoms with Crippen molar-refractivity contribution in [1.82, 2.24) is 5.43 Å². The van der Waals surface area contributed by atoms with Gasteiger partial charge in [0.15, 0.2) is 0 Å². The second kappa shape index (κ2) is 7.89. The molecule has 0 atom stereocenters. The summed E-state index contributed by atoms with van der Waals surface area (Å²) >= 11 is 0.